The van der Waals surface area contributed by atoms with E-state index >= 15 is 0 Å². The van der Waals surface area contributed by atoms with Gasteiger partial charge < -0.3 is 4.90 Å². The van der Waals surface area contributed by atoms with E-state index in [0.29, 0.717) is 5.56 Å². The minimum atomic E-state index is -3.47. The molecule has 1 N–H and O–H groups in total. The fourth-order valence-electron chi connectivity index (χ4n) is 2.70. The minimum absolute atomic E-state index is 0.0789. The van der Waals surface area contributed by atoms with Gasteiger partial charge in [0.25, 0.3) is 0 Å². The van der Waals surface area contributed by atoms with Gasteiger partial charge in [0.2, 0.25) is 10.0 Å². The normalized spacial score (nSPS) is 16.7. The van der Waals surface area contributed by atoms with Crippen LogP contribution in [-0.4, -0.2) is 32.5 Å². The van der Waals surface area contributed by atoms with Gasteiger partial charge in [0.1, 0.15) is 5.82 Å². The van der Waals surface area contributed by atoms with Gasteiger partial charge in [-0.15, -0.1) is 11.3 Å². The number of nitrogens with one attached hydrogen (secondary N) is 1. The average molecular weight is 355 g/mol. The summed E-state index contributed by atoms with van der Waals surface area (Å²) in [5.74, 6) is -0.619. The molecule has 1 aliphatic heterocycles. The Morgan fingerprint density at radius 3 is 2.78 bits per heavy atom. The zero-order valence-electron chi connectivity index (χ0n) is 12.5. The van der Waals surface area contributed by atoms with Crippen molar-refractivity contribution in [3.05, 3.63) is 47.2 Å². The van der Waals surface area contributed by atoms with Gasteiger partial charge in [0, 0.05) is 30.7 Å². The molecule has 0 radical (unpaired) electrons. The van der Waals surface area contributed by atoms with Crippen LogP contribution in [0.5, 0.6) is 0 Å². The summed E-state index contributed by atoms with van der Waals surface area (Å²) in [5.41, 5.74) is 0.456. The maximum absolute atomic E-state index is 13.2. The van der Waals surface area contributed by atoms with E-state index in [1.807, 2.05) is 5.38 Å². The molecule has 0 amide bonds. The largest absolute Gasteiger partial charge is 0.348 e. The molecule has 1 saturated heterocycles. The van der Waals surface area contributed by atoms with Crippen LogP contribution in [0.25, 0.3) is 0 Å². The monoisotopic (exact) mass is 355 g/mol. The van der Waals surface area contributed by atoms with Crippen molar-refractivity contribution in [3.63, 3.8) is 0 Å². The molecule has 8 heteroatoms. The highest BCUT2D eigenvalue weighted by molar-refractivity contribution is 7.88. The molecule has 0 spiro atoms. The molecule has 23 heavy (non-hydrogen) atoms. The van der Waals surface area contributed by atoms with E-state index in [-0.39, 0.29) is 11.8 Å². The Bertz CT molecular complexity index is 742. The van der Waals surface area contributed by atoms with Crippen molar-refractivity contribution in [2.75, 3.05) is 18.0 Å². The lowest BCUT2D eigenvalue weighted by Gasteiger charge is -2.31. The Morgan fingerprint density at radius 1 is 1.35 bits per heavy atom. The quantitative estimate of drug-likeness (QED) is 0.894. The van der Waals surface area contributed by atoms with Crippen molar-refractivity contribution >= 4 is 26.5 Å². The number of sulfonamides is 1. The topological polar surface area (TPSA) is 62.3 Å². The first-order valence-corrected chi connectivity index (χ1v) is 9.94. The maximum atomic E-state index is 13.2. The molecule has 0 bridgehead atoms. The fourth-order valence-corrected chi connectivity index (χ4v) is 4.84. The van der Waals surface area contributed by atoms with Crippen molar-refractivity contribution in [1.82, 2.24) is 9.71 Å². The number of thiazole rings is 1. The smallest absolute Gasteiger partial charge is 0.216 e. The second-order valence-corrected chi connectivity index (χ2v) is 8.21. The Labute approximate surface area is 139 Å². The molecule has 2 heterocycles. The molecular formula is C15H18FN3O2S2. The van der Waals surface area contributed by atoms with Crippen LogP contribution in [0.2, 0.25) is 0 Å². The summed E-state index contributed by atoms with van der Waals surface area (Å²) in [4.78, 5) is 6.44. The van der Waals surface area contributed by atoms with E-state index in [9.17, 15) is 12.8 Å². The highest BCUT2D eigenvalue weighted by atomic mass is 32.2. The standard InChI is InChI=1S/C15H18FN3O2S2/c16-13-3-1-2-12(10-13)11-23(20,21)18-14-4-7-19(8-5-14)15-17-6-9-22-15/h1-3,6,9-10,14,18H,4-5,7-8,11H2. The van der Waals surface area contributed by atoms with Crippen LogP contribution in [0.4, 0.5) is 9.52 Å². The van der Waals surface area contributed by atoms with Crippen molar-refractivity contribution in [2.45, 2.75) is 24.6 Å². The van der Waals surface area contributed by atoms with Gasteiger partial charge in [0.05, 0.1) is 5.75 Å². The Morgan fingerprint density at radius 2 is 2.13 bits per heavy atom. The molecule has 2 aromatic rings. The number of anilines is 1. The van der Waals surface area contributed by atoms with Gasteiger partial charge >= 0.3 is 0 Å². The highest BCUT2D eigenvalue weighted by Gasteiger charge is 2.24. The summed E-state index contributed by atoms with van der Waals surface area (Å²) in [6.45, 7) is 1.56. The van der Waals surface area contributed by atoms with Crippen LogP contribution in [0.3, 0.4) is 0 Å². The molecule has 5 nitrogen and oxygen atoms in total. The molecule has 1 fully saturated rings. The van der Waals surface area contributed by atoms with Crippen molar-refractivity contribution < 1.29 is 12.8 Å². The third kappa shape index (κ3) is 4.49. The number of benzene rings is 1. The molecule has 3 rings (SSSR count). The summed E-state index contributed by atoms with van der Waals surface area (Å²) in [7, 11) is -3.47. The molecule has 0 unspecified atom stereocenters. The summed E-state index contributed by atoms with van der Waals surface area (Å²) in [6, 6.07) is 5.62. The number of rotatable bonds is 5. The predicted molar refractivity (Wildman–Crippen MR) is 89.5 cm³/mol. The Balaban J connectivity index is 1.55. The fraction of sp³-hybridized carbons (Fsp3) is 0.400. The van der Waals surface area contributed by atoms with Gasteiger partial charge in [-0.25, -0.2) is 22.5 Å². The molecule has 1 aliphatic rings. The molecule has 1 aromatic carbocycles. The van der Waals surface area contributed by atoms with Crippen LogP contribution >= 0.6 is 11.3 Å². The van der Waals surface area contributed by atoms with Crippen LogP contribution in [0.1, 0.15) is 18.4 Å². The van der Waals surface area contributed by atoms with Crippen LogP contribution in [-0.2, 0) is 15.8 Å². The molecular weight excluding hydrogens is 337 g/mol. The lowest BCUT2D eigenvalue weighted by molar-refractivity contribution is 0.459. The lowest BCUT2D eigenvalue weighted by atomic mass is 10.1. The zero-order chi connectivity index (χ0) is 16.3. The summed E-state index contributed by atoms with van der Waals surface area (Å²) in [5, 5.41) is 2.91. The Hall–Kier alpha value is -1.51. The molecule has 0 atom stereocenters. The van der Waals surface area contributed by atoms with Crippen molar-refractivity contribution in [1.29, 1.82) is 0 Å². The van der Waals surface area contributed by atoms with E-state index in [1.165, 1.54) is 18.2 Å². The second-order valence-electron chi connectivity index (χ2n) is 5.58. The molecule has 124 valence electrons. The highest BCUT2D eigenvalue weighted by Crippen LogP contribution is 2.22. The van der Waals surface area contributed by atoms with Crippen molar-refractivity contribution in [2.24, 2.45) is 0 Å². The summed E-state index contributed by atoms with van der Waals surface area (Å²) in [6.07, 6.45) is 3.25. The average Bonchev–Trinajstić information content (AvgIpc) is 3.01. The van der Waals surface area contributed by atoms with Gasteiger partial charge in [-0.3, -0.25) is 0 Å². The summed E-state index contributed by atoms with van der Waals surface area (Å²) < 4.78 is 40.4. The number of piperidine rings is 1. The first-order chi connectivity index (χ1) is 11.0. The van der Waals surface area contributed by atoms with Crippen molar-refractivity contribution in [3.8, 4) is 0 Å². The number of nitrogens with zero attached hydrogens (tertiary/aromatic N) is 2. The van der Waals surface area contributed by atoms with Gasteiger partial charge in [-0.2, -0.15) is 0 Å². The van der Waals surface area contributed by atoms with E-state index in [1.54, 1.807) is 23.6 Å². The number of hydrogen-bond acceptors (Lipinski definition) is 5. The van der Waals surface area contributed by atoms with Crippen LogP contribution in [0, 0.1) is 5.82 Å². The van der Waals surface area contributed by atoms with E-state index < -0.39 is 15.8 Å². The molecule has 1 aromatic heterocycles. The minimum Gasteiger partial charge on any atom is -0.348 e. The first kappa shape index (κ1) is 16.4. The number of hydrogen-bond donors (Lipinski definition) is 1. The maximum Gasteiger partial charge on any atom is 0.216 e. The second kappa shape index (κ2) is 6.94. The first-order valence-electron chi connectivity index (χ1n) is 7.41. The summed E-state index contributed by atoms with van der Waals surface area (Å²) >= 11 is 1.59. The number of halogens is 1. The van der Waals surface area contributed by atoms with E-state index in [4.69, 9.17) is 0 Å². The molecule has 0 saturated carbocycles. The van der Waals surface area contributed by atoms with E-state index in [0.717, 1.165) is 31.1 Å². The molecule has 0 aliphatic carbocycles. The number of aromatic nitrogens is 1. The predicted octanol–water partition coefficient (Wildman–Crippen LogP) is 2.37. The van der Waals surface area contributed by atoms with Crippen LogP contribution < -0.4 is 9.62 Å². The Kier molecular flexibility index (Phi) is 4.93. The third-order valence-electron chi connectivity index (χ3n) is 3.78. The SMILES string of the molecule is O=S(=O)(Cc1cccc(F)c1)NC1CCN(c2nccs2)CC1. The van der Waals surface area contributed by atoms with Gasteiger partial charge in [0.15, 0.2) is 5.13 Å². The van der Waals surface area contributed by atoms with Gasteiger partial charge in [-0.05, 0) is 30.5 Å². The van der Waals surface area contributed by atoms with Crippen LogP contribution in [0.15, 0.2) is 35.8 Å². The lowest BCUT2D eigenvalue weighted by Crippen LogP contribution is -2.44. The third-order valence-corrected chi connectivity index (χ3v) is 6.01. The van der Waals surface area contributed by atoms with E-state index in [2.05, 4.69) is 14.6 Å². The van der Waals surface area contributed by atoms with Gasteiger partial charge in [-0.1, -0.05) is 12.1 Å². The zero-order valence-corrected chi connectivity index (χ0v) is 14.1.